The first kappa shape index (κ1) is 28.4. The van der Waals surface area contributed by atoms with Crippen LogP contribution >= 0.6 is 0 Å². The molecule has 1 aromatic rings. The van der Waals surface area contributed by atoms with Crippen molar-refractivity contribution in [2.45, 2.75) is 73.1 Å². The van der Waals surface area contributed by atoms with Crippen molar-refractivity contribution in [2.24, 2.45) is 17.3 Å². The van der Waals surface area contributed by atoms with Crippen molar-refractivity contribution < 1.29 is 9.47 Å². The molecule has 1 rings (SSSR count). The smallest absolute Gasteiger partial charge is 0.0539 e. The molecule has 0 unspecified atom stereocenters. The predicted molar refractivity (Wildman–Crippen MR) is 140 cm³/mol. The van der Waals surface area contributed by atoms with Gasteiger partial charge in [0.25, 0.3) is 0 Å². The first-order valence-corrected chi connectivity index (χ1v) is 12.5. The Morgan fingerprint density at radius 1 is 0.906 bits per heavy atom. The second kappa shape index (κ2) is 16.0. The predicted octanol–water partition coefficient (Wildman–Crippen LogP) is 8.37. The van der Waals surface area contributed by atoms with E-state index >= 15 is 0 Å². The van der Waals surface area contributed by atoms with E-state index < -0.39 is 0 Å². The van der Waals surface area contributed by atoms with Gasteiger partial charge in [-0.05, 0) is 42.2 Å². The quantitative estimate of drug-likeness (QED) is 0.190. The summed E-state index contributed by atoms with van der Waals surface area (Å²) in [4.78, 5) is 0. The molecule has 0 aromatic heterocycles. The number of rotatable bonds is 16. The zero-order chi connectivity index (χ0) is 23.8. The van der Waals surface area contributed by atoms with Crippen molar-refractivity contribution >= 4 is 0 Å². The largest absolute Gasteiger partial charge is 0.381 e. The van der Waals surface area contributed by atoms with Gasteiger partial charge in [-0.3, -0.25) is 0 Å². The summed E-state index contributed by atoms with van der Waals surface area (Å²) in [5.41, 5.74) is 2.72. The van der Waals surface area contributed by atoms with Crippen LogP contribution in [-0.2, 0) is 9.47 Å². The molecule has 180 valence electrons. The summed E-state index contributed by atoms with van der Waals surface area (Å²) >= 11 is 0. The summed E-state index contributed by atoms with van der Waals surface area (Å²) in [6.07, 6.45) is 12.9. The maximum absolute atomic E-state index is 6.08. The fourth-order valence-electron chi connectivity index (χ4n) is 3.85. The number of benzene rings is 1. The van der Waals surface area contributed by atoms with Crippen LogP contribution in [0.2, 0.25) is 0 Å². The second-order valence-electron chi connectivity index (χ2n) is 10.2. The Hall–Kier alpha value is -1.64. The van der Waals surface area contributed by atoms with Gasteiger partial charge in [0.05, 0.1) is 13.2 Å². The van der Waals surface area contributed by atoms with Gasteiger partial charge in [0.15, 0.2) is 0 Å². The Balaban J connectivity index is 2.18. The summed E-state index contributed by atoms with van der Waals surface area (Å²) in [5, 5.41) is 0. The van der Waals surface area contributed by atoms with E-state index in [1.807, 2.05) is 19.1 Å². The van der Waals surface area contributed by atoms with Gasteiger partial charge in [0.1, 0.15) is 0 Å². The number of hydrogen-bond donors (Lipinski definition) is 0. The molecule has 32 heavy (non-hydrogen) atoms. The molecule has 0 aliphatic heterocycles. The van der Waals surface area contributed by atoms with E-state index in [0.717, 1.165) is 44.8 Å². The number of hydrogen-bond acceptors (Lipinski definition) is 2. The molecular formula is C30H48O2. The lowest BCUT2D eigenvalue weighted by Crippen LogP contribution is -2.23. The molecule has 2 heteroatoms. The number of ether oxygens (including phenoxy) is 2. The normalized spacial score (nSPS) is 14.5. The Morgan fingerprint density at radius 3 is 2.03 bits per heavy atom. The topological polar surface area (TPSA) is 18.5 Å². The van der Waals surface area contributed by atoms with Crippen molar-refractivity contribution in [3.63, 3.8) is 0 Å². The van der Waals surface area contributed by atoms with E-state index in [4.69, 9.17) is 9.47 Å². The second-order valence-corrected chi connectivity index (χ2v) is 10.2. The van der Waals surface area contributed by atoms with Crippen molar-refractivity contribution in [3.05, 3.63) is 72.4 Å². The maximum Gasteiger partial charge on any atom is 0.0539 e. The van der Waals surface area contributed by atoms with Crippen LogP contribution in [0.4, 0.5) is 0 Å². The summed E-state index contributed by atoms with van der Waals surface area (Å²) in [7, 11) is 0. The van der Waals surface area contributed by atoms with Crippen LogP contribution in [0.5, 0.6) is 0 Å². The zero-order valence-corrected chi connectivity index (χ0v) is 21.6. The summed E-state index contributed by atoms with van der Waals surface area (Å²) in [6, 6.07) is 10.8. The molecule has 2 nitrogen and oxygen atoms in total. The molecular weight excluding hydrogens is 392 g/mol. The van der Waals surface area contributed by atoms with Crippen LogP contribution in [0, 0.1) is 17.3 Å². The minimum atomic E-state index is 0.195. The van der Waals surface area contributed by atoms with Gasteiger partial charge in [-0.1, -0.05) is 109 Å². The van der Waals surface area contributed by atoms with Crippen LogP contribution in [-0.4, -0.2) is 26.4 Å². The molecule has 0 N–H and O–H groups in total. The van der Waals surface area contributed by atoms with E-state index in [-0.39, 0.29) is 5.41 Å². The van der Waals surface area contributed by atoms with Crippen LogP contribution in [0.3, 0.4) is 0 Å². The van der Waals surface area contributed by atoms with Gasteiger partial charge in [0, 0.05) is 25.0 Å². The van der Waals surface area contributed by atoms with Crippen molar-refractivity contribution in [1.82, 2.24) is 0 Å². The van der Waals surface area contributed by atoms with E-state index in [0.29, 0.717) is 17.8 Å². The van der Waals surface area contributed by atoms with E-state index in [1.165, 1.54) is 18.4 Å². The number of allylic oxidation sites excluding steroid dienone is 4. The van der Waals surface area contributed by atoms with Gasteiger partial charge in [-0.15, -0.1) is 0 Å². The minimum absolute atomic E-state index is 0.195. The first-order chi connectivity index (χ1) is 15.3. The van der Waals surface area contributed by atoms with Crippen LogP contribution in [0.1, 0.15) is 78.7 Å². The molecule has 1 aromatic carbocycles. The Kier molecular flexibility index (Phi) is 14.2. The van der Waals surface area contributed by atoms with E-state index in [1.54, 1.807) is 0 Å². The molecule has 0 aliphatic carbocycles. The Labute approximate surface area is 198 Å². The highest BCUT2D eigenvalue weighted by Crippen LogP contribution is 2.35. The molecule has 0 saturated heterocycles. The molecule has 2 atom stereocenters. The van der Waals surface area contributed by atoms with Gasteiger partial charge in [0.2, 0.25) is 0 Å². The van der Waals surface area contributed by atoms with Gasteiger partial charge >= 0.3 is 0 Å². The molecule has 0 radical (unpaired) electrons. The van der Waals surface area contributed by atoms with E-state index in [9.17, 15) is 0 Å². The Bertz CT molecular complexity index is 664. The molecule has 0 bridgehead atoms. The monoisotopic (exact) mass is 440 g/mol. The maximum atomic E-state index is 6.08. The molecule has 0 amide bonds. The lowest BCUT2D eigenvalue weighted by atomic mass is 9.77. The van der Waals surface area contributed by atoms with Crippen molar-refractivity contribution in [3.8, 4) is 0 Å². The highest BCUT2D eigenvalue weighted by Gasteiger charge is 2.26. The molecule has 0 fully saturated rings. The third-order valence-corrected chi connectivity index (χ3v) is 6.05. The third kappa shape index (κ3) is 11.8. The van der Waals surface area contributed by atoms with E-state index in [2.05, 4.69) is 83.7 Å². The van der Waals surface area contributed by atoms with Gasteiger partial charge in [-0.2, -0.15) is 0 Å². The zero-order valence-electron chi connectivity index (χ0n) is 21.6. The van der Waals surface area contributed by atoms with Crippen molar-refractivity contribution in [1.29, 1.82) is 0 Å². The molecule has 0 saturated carbocycles. The summed E-state index contributed by atoms with van der Waals surface area (Å²) < 4.78 is 12.1. The highest BCUT2D eigenvalue weighted by molar-refractivity contribution is 5.22. The Morgan fingerprint density at radius 2 is 1.50 bits per heavy atom. The third-order valence-electron chi connectivity index (χ3n) is 6.05. The number of unbranched alkanes of at least 4 members (excludes halogenated alkanes) is 3. The van der Waals surface area contributed by atoms with Gasteiger partial charge in [-0.25, -0.2) is 0 Å². The summed E-state index contributed by atoms with van der Waals surface area (Å²) in [5.74, 6) is 1.33. The molecule has 0 spiro atoms. The van der Waals surface area contributed by atoms with Gasteiger partial charge < -0.3 is 9.47 Å². The lowest BCUT2D eigenvalue weighted by molar-refractivity contribution is 0.0818. The first-order valence-electron chi connectivity index (χ1n) is 12.5. The highest BCUT2D eigenvalue weighted by atomic mass is 16.5. The lowest BCUT2D eigenvalue weighted by Gasteiger charge is -2.31. The SMILES string of the molecule is C=C(/C=C\C=C/C)[C@@H](COCCCCCCOC[C@H](c1ccccc1)C(C)(C)C)C(C)C. The fourth-order valence-corrected chi connectivity index (χ4v) is 3.85. The van der Waals surface area contributed by atoms with Crippen LogP contribution in [0.15, 0.2) is 66.8 Å². The molecule has 0 heterocycles. The van der Waals surface area contributed by atoms with Crippen LogP contribution < -0.4 is 0 Å². The van der Waals surface area contributed by atoms with Crippen LogP contribution in [0.25, 0.3) is 0 Å². The van der Waals surface area contributed by atoms with Crippen molar-refractivity contribution in [2.75, 3.05) is 26.4 Å². The minimum Gasteiger partial charge on any atom is -0.381 e. The summed E-state index contributed by atoms with van der Waals surface area (Å²) in [6.45, 7) is 20.9. The molecule has 0 aliphatic rings. The average Bonchev–Trinajstić information content (AvgIpc) is 2.74. The fraction of sp³-hybridized carbons (Fsp3) is 0.600. The average molecular weight is 441 g/mol. The standard InChI is InChI=1S/C30H48O2/c1-8-9-13-18-26(4)28(25(2)3)23-31-21-16-10-11-17-22-32-24-29(30(5,6)7)27-19-14-12-15-20-27/h8-9,12-15,18-20,25,28-29H,4,10-11,16-17,21-24H2,1-3,5-7H3/b9-8-,18-13-/t28-,29+/m0/s1.